The summed E-state index contributed by atoms with van der Waals surface area (Å²) in [5, 5.41) is 10.9. The van der Waals surface area contributed by atoms with Crippen LogP contribution in [-0.2, 0) is 0 Å². The molecule has 0 unspecified atom stereocenters. The van der Waals surface area contributed by atoms with Crippen LogP contribution in [0.2, 0.25) is 0 Å². The minimum absolute atomic E-state index is 0.0236. The van der Waals surface area contributed by atoms with Crippen LogP contribution in [-0.4, -0.2) is 4.92 Å². The minimum atomic E-state index is -0.613. The minimum Gasteiger partial charge on any atom is -0.447 e. The highest BCUT2D eigenvalue weighted by Gasteiger charge is 2.19. The van der Waals surface area contributed by atoms with Crippen LogP contribution in [0.15, 0.2) is 42.5 Å². The summed E-state index contributed by atoms with van der Waals surface area (Å²) < 4.78 is 19.3. The summed E-state index contributed by atoms with van der Waals surface area (Å²) in [6.45, 7) is 1.68. The van der Waals surface area contributed by atoms with Gasteiger partial charge in [0.25, 0.3) is 0 Å². The summed E-state index contributed by atoms with van der Waals surface area (Å²) in [6, 6.07) is 9.70. The lowest BCUT2D eigenvalue weighted by Crippen LogP contribution is -2.08. The van der Waals surface area contributed by atoms with E-state index in [0.717, 1.165) is 0 Å². The average molecular weight is 276 g/mol. The average Bonchev–Trinajstić information content (AvgIpc) is 2.41. The number of nitro benzene ring substituents is 1. The third kappa shape index (κ3) is 2.75. The lowest BCUT2D eigenvalue weighted by atomic mass is 10.1. The predicted molar refractivity (Wildman–Crippen MR) is 72.2 cm³/mol. The molecule has 5 nitrogen and oxygen atoms in total. The zero-order valence-electron chi connectivity index (χ0n) is 10.7. The third-order valence-electron chi connectivity index (χ3n) is 2.76. The predicted octanol–water partition coefficient (Wildman–Crippen LogP) is 3.55. The number of ether oxygens (including phenoxy) is 1. The maximum absolute atomic E-state index is 13.9. The summed E-state index contributed by atoms with van der Waals surface area (Å²) in [7, 11) is 0. The normalized spacial score (nSPS) is 11.9. The molecular formula is C14H13FN2O3. The van der Waals surface area contributed by atoms with E-state index in [0.29, 0.717) is 5.56 Å². The van der Waals surface area contributed by atoms with Crippen molar-refractivity contribution in [3.8, 4) is 11.5 Å². The van der Waals surface area contributed by atoms with E-state index in [4.69, 9.17) is 10.5 Å². The Balaban J connectivity index is 2.48. The molecule has 0 heterocycles. The second-order valence-corrected chi connectivity index (χ2v) is 4.27. The first-order chi connectivity index (χ1) is 9.50. The fraction of sp³-hybridized carbons (Fsp3) is 0.143. The van der Waals surface area contributed by atoms with Crippen LogP contribution < -0.4 is 10.5 Å². The molecule has 0 amide bonds. The van der Waals surface area contributed by atoms with Gasteiger partial charge in [0.1, 0.15) is 0 Å². The van der Waals surface area contributed by atoms with Crippen LogP contribution in [0.4, 0.5) is 10.1 Å². The van der Waals surface area contributed by atoms with Gasteiger partial charge in [-0.15, -0.1) is 0 Å². The number of benzene rings is 2. The van der Waals surface area contributed by atoms with Crippen LogP contribution in [0.5, 0.6) is 11.5 Å². The molecule has 0 aromatic heterocycles. The van der Waals surface area contributed by atoms with Gasteiger partial charge in [-0.2, -0.15) is 0 Å². The van der Waals surface area contributed by atoms with Crippen molar-refractivity contribution in [1.82, 2.24) is 0 Å². The maximum atomic E-state index is 13.9. The Labute approximate surface area is 114 Å². The van der Waals surface area contributed by atoms with Gasteiger partial charge < -0.3 is 10.5 Å². The number of para-hydroxylation sites is 3. The Morgan fingerprint density at radius 2 is 1.95 bits per heavy atom. The molecule has 2 aromatic rings. The summed E-state index contributed by atoms with van der Waals surface area (Å²) in [5.41, 5.74) is 5.97. The number of nitrogens with zero attached hydrogens (tertiary/aromatic N) is 1. The molecule has 104 valence electrons. The standard InChI is InChI=1S/C14H13FN2O3/c1-9(16)10-5-4-6-11(15)14(10)20-13-8-3-2-7-12(13)17(18)19/h2-9H,16H2,1H3/t9-/m1/s1. The third-order valence-corrected chi connectivity index (χ3v) is 2.76. The van der Waals surface area contributed by atoms with Crippen molar-refractivity contribution in [2.45, 2.75) is 13.0 Å². The zero-order valence-corrected chi connectivity index (χ0v) is 10.7. The number of nitro groups is 1. The first-order valence-corrected chi connectivity index (χ1v) is 5.96. The van der Waals surface area contributed by atoms with Crippen LogP contribution >= 0.6 is 0 Å². The fourth-order valence-electron chi connectivity index (χ4n) is 1.80. The molecule has 2 N–H and O–H groups in total. The molecule has 0 aliphatic heterocycles. The van der Waals surface area contributed by atoms with E-state index in [1.54, 1.807) is 19.1 Å². The molecule has 0 saturated carbocycles. The lowest BCUT2D eigenvalue weighted by Gasteiger charge is -2.14. The molecule has 0 fully saturated rings. The molecule has 6 heteroatoms. The van der Waals surface area contributed by atoms with Crippen molar-refractivity contribution in [1.29, 1.82) is 0 Å². The van der Waals surface area contributed by atoms with Gasteiger partial charge in [0.05, 0.1) is 4.92 Å². The Bertz CT molecular complexity index is 644. The van der Waals surface area contributed by atoms with Gasteiger partial charge in [-0.05, 0) is 19.1 Å². The monoisotopic (exact) mass is 276 g/mol. The van der Waals surface area contributed by atoms with Gasteiger partial charge in [-0.3, -0.25) is 10.1 Å². The summed E-state index contributed by atoms with van der Waals surface area (Å²) in [5.74, 6) is -0.723. The van der Waals surface area contributed by atoms with Gasteiger partial charge >= 0.3 is 5.69 Å². The molecule has 0 aliphatic carbocycles. The second-order valence-electron chi connectivity index (χ2n) is 4.27. The Morgan fingerprint density at radius 1 is 1.25 bits per heavy atom. The Kier molecular flexibility index (Phi) is 3.95. The van der Waals surface area contributed by atoms with E-state index in [1.165, 1.54) is 30.3 Å². The molecule has 0 aliphatic rings. The van der Waals surface area contributed by atoms with Gasteiger partial charge in [0.15, 0.2) is 11.6 Å². The topological polar surface area (TPSA) is 78.4 Å². The van der Waals surface area contributed by atoms with Gasteiger partial charge in [0.2, 0.25) is 5.75 Å². The van der Waals surface area contributed by atoms with Crippen LogP contribution in [0, 0.1) is 15.9 Å². The first kappa shape index (κ1) is 14.0. The Morgan fingerprint density at radius 3 is 2.60 bits per heavy atom. The summed E-state index contributed by atoms with van der Waals surface area (Å²) in [4.78, 5) is 10.3. The van der Waals surface area contributed by atoms with Crippen molar-refractivity contribution < 1.29 is 14.1 Å². The van der Waals surface area contributed by atoms with E-state index in [2.05, 4.69) is 0 Å². The van der Waals surface area contributed by atoms with Crippen LogP contribution in [0.1, 0.15) is 18.5 Å². The highest BCUT2D eigenvalue weighted by Crippen LogP contribution is 2.35. The molecule has 2 rings (SSSR count). The molecule has 0 bridgehead atoms. The van der Waals surface area contributed by atoms with Crippen molar-refractivity contribution >= 4 is 5.69 Å². The van der Waals surface area contributed by atoms with E-state index in [9.17, 15) is 14.5 Å². The molecule has 20 heavy (non-hydrogen) atoms. The van der Waals surface area contributed by atoms with Crippen molar-refractivity contribution in [2.24, 2.45) is 5.73 Å². The fourth-order valence-corrected chi connectivity index (χ4v) is 1.80. The molecule has 0 radical (unpaired) electrons. The number of hydrogen-bond donors (Lipinski definition) is 1. The molecule has 2 aromatic carbocycles. The smallest absolute Gasteiger partial charge is 0.311 e. The SMILES string of the molecule is C[C@@H](N)c1cccc(F)c1Oc1ccccc1[N+](=O)[O-]. The van der Waals surface area contributed by atoms with Crippen molar-refractivity contribution in [3.05, 3.63) is 64.0 Å². The first-order valence-electron chi connectivity index (χ1n) is 5.96. The van der Waals surface area contributed by atoms with E-state index in [1.807, 2.05) is 0 Å². The number of nitrogens with two attached hydrogens (primary N) is 1. The largest absolute Gasteiger partial charge is 0.447 e. The highest BCUT2D eigenvalue weighted by atomic mass is 19.1. The second kappa shape index (κ2) is 5.66. The van der Waals surface area contributed by atoms with Gasteiger partial charge in [0, 0.05) is 17.7 Å². The van der Waals surface area contributed by atoms with Gasteiger partial charge in [-0.1, -0.05) is 24.3 Å². The summed E-state index contributed by atoms with van der Waals surface area (Å²) in [6.07, 6.45) is 0. The Hall–Kier alpha value is -2.47. The van der Waals surface area contributed by atoms with E-state index >= 15 is 0 Å². The molecular weight excluding hydrogens is 263 g/mol. The van der Waals surface area contributed by atoms with Crippen molar-refractivity contribution in [2.75, 3.05) is 0 Å². The summed E-state index contributed by atoms with van der Waals surface area (Å²) >= 11 is 0. The maximum Gasteiger partial charge on any atom is 0.311 e. The highest BCUT2D eigenvalue weighted by molar-refractivity contribution is 5.50. The molecule has 0 saturated heterocycles. The number of hydrogen-bond acceptors (Lipinski definition) is 4. The van der Waals surface area contributed by atoms with E-state index < -0.39 is 16.8 Å². The number of rotatable bonds is 4. The van der Waals surface area contributed by atoms with Crippen LogP contribution in [0.25, 0.3) is 0 Å². The zero-order chi connectivity index (χ0) is 14.7. The molecule has 1 atom stereocenters. The van der Waals surface area contributed by atoms with Crippen molar-refractivity contribution in [3.63, 3.8) is 0 Å². The van der Waals surface area contributed by atoms with Gasteiger partial charge in [-0.25, -0.2) is 4.39 Å². The lowest BCUT2D eigenvalue weighted by molar-refractivity contribution is -0.385. The molecule has 0 spiro atoms. The number of halogens is 1. The van der Waals surface area contributed by atoms with Crippen LogP contribution in [0.3, 0.4) is 0 Å². The quantitative estimate of drug-likeness (QED) is 0.684. The van der Waals surface area contributed by atoms with E-state index in [-0.39, 0.29) is 17.2 Å².